The molecule has 0 spiro atoms. The smallest absolute Gasteiger partial charge is 0.356 e. The second-order valence-electron chi connectivity index (χ2n) is 4.24. The lowest BCUT2D eigenvalue weighted by molar-refractivity contribution is 0.0593. The Hall–Kier alpha value is -2.20. The monoisotopic (exact) mass is 257 g/mol. The molecular formula is C15H15NO3. The fourth-order valence-corrected chi connectivity index (χ4v) is 1.85. The van der Waals surface area contributed by atoms with Crippen molar-refractivity contribution in [1.82, 2.24) is 4.98 Å². The quantitative estimate of drug-likeness (QED) is 0.857. The first-order valence-corrected chi connectivity index (χ1v) is 5.91. The molecule has 0 saturated heterocycles. The van der Waals surface area contributed by atoms with Crippen molar-refractivity contribution in [1.29, 1.82) is 0 Å². The van der Waals surface area contributed by atoms with E-state index < -0.39 is 5.97 Å². The summed E-state index contributed by atoms with van der Waals surface area (Å²) in [4.78, 5) is 15.6. The number of benzene rings is 1. The van der Waals surface area contributed by atoms with Crippen LogP contribution in [0.3, 0.4) is 0 Å². The Balaban J connectivity index is 2.35. The summed E-state index contributed by atoms with van der Waals surface area (Å²) in [6.07, 6.45) is 1.65. The first-order valence-electron chi connectivity index (χ1n) is 5.91. The van der Waals surface area contributed by atoms with E-state index in [0.29, 0.717) is 5.69 Å². The number of aliphatic hydroxyl groups excluding tert-OH is 1. The minimum Gasteiger partial charge on any atom is -0.464 e. The molecule has 0 aliphatic carbocycles. The van der Waals surface area contributed by atoms with Gasteiger partial charge < -0.3 is 9.84 Å². The summed E-state index contributed by atoms with van der Waals surface area (Å²) in [6, 6.07) is 9.45. The molecule has 0 aliphatic heterocycles. The molecule has 4 heteroatoms. The van der Waals surface area contributed by atoms with Crippen LogP contribution in [0.5, 0.6) is 0 Å². The molecule has 1 aromatic heterocycles. The predicted molar refractivity (Wildman–Crippen MR) is 71.7 cm³/mol. The minimum absolute atomic E-state index is 0.0266. The van der Waals surface area contributed by atoms with Crippen molar-refractivity contribution in [2.45, 2.75) is 13.5 Å². The van der Waals surface area contributed by atoms with Gasteiger partial charge in [0, 0.05) is 11.8 Å². The van der Waals surface area contributed by atoms with E-state index in [1.54, 1.807) is 6.20 Å². The molecule has 0 unspecified atom stereocenters. The van der Waals surface area contributed by atoms with Crippen molar-refractivity contribution in [2.75, 3.05) is 7.11 Å². The minimum atomic E-state index is -0.431. The molecule has 0 saturated carbocycles. The number of aromatic nitrogens is 1. The Labute approximate surface area is 111 Å². The Bertz CT molecular complexity index is 591. The highest BCUT2D eigenvalue weighted by Gasteiger charge is 2.11. The average molecular weight is 257 g/mol. The number of nitrogens with zero attached hydrogens (tertiary/aromatic N) is 1. The third kappa shape index (κ3) is 2.80. The molecule has 2 aromatic rings. The second kappa shape index (κ2) is 5.63. The van der Waals surface area contributed by atoms with Gasteiger partial charge in [-0.25, -0.2) is 9.78 Å². The molecule has 98 valence electrons. The van der Waals surface area contributed by atoms with Crippen molar-refractivity contribution >= 4 is 5.97 Å². The molecule has 0 amide bonds. The summed E-state index contributed by atoms with van der Waals surface area (Å²) in [5, 5.41) is 9.00. The van der Waals surface area contributed by atoms with Gasteiger partial charge in [-0.05, 0) is 29.7 Å². The topological polar surface area (TPSA) is 59.4 Å². The van der Waals surface area contributed by atoms with Gasteiger partial charge in [-0.2, -0.15) is 0 Å². The molecule has 0 bridgehead atoms. The maximum atomic E-state index is 11.5. The Morgan fingerprint density at radius 3 is 2.47 bits per heavy atom. The van der Waals surface area contributed by atoms with Crippen LogP contribution in [0, 0.1) is 6.92 Å². The van der Waals surface area contributed by atoms with Crippen molar-refractivity contribution in [2.24, 2.45) is 0 Å². The summed E-state index contributed by atoms with van der Waals surface area (Å²) in [5.41, 5.74) is 3.88. The Morgan fingerprint density at radius 2 is 1.95 bits per heavy atom. The average Bonchev–Trinajstić information content (AvgIpc) is 2.46. The zero-order valence-corrected chi connectivity index (χ0v) is 10.9. The molecule has 0 atom stereocenters. The van der Waals surface area contributed by atoms with Crippen molar-refractivity contribution in [3.8, 4) is 11.1 Å². The summed E-state index contributed by atoms with van der Waals surface area (Å²) in [7, 11) is 1.34. The van der Waals surface area contributed by atoms with Crippen LogP contribution in [0.4, 0.5) is 0 Å². The normalized spacial score (nSPS) is 10.3. The van der Waals surface area contributed by atoms with E-state index in [4.69, 9.17) is 5.11 Å². The number of esters is 1. The van der Waals surface area contributed by atoms with Crippen LogP contribution < -0.4 is 0 Å². The number of rotatable bonds is 3. The number of methoxy groups -OCH3 is 1. The van der Waals surface area contributed by atoms with E-state index in [1.807, 2.05) is 37.3 Å². The van der Waals surface area contributed by atoms with Gasteiger partial charge >= 0.3 is 5.97 Å². The standard InChI is InChI=1S/C15H15NO3/c1-10-7-13(8-16-14(10)15(18)19-2)12-5-3-11(9-17)4-6-12/h3-8,17H,9H2,1-2H3. The molecule has 1 N–H and O–H groups in total. The molecule has 1 aromatic carbocycles. The predicted octanol–water partition coefficient (Wildman–Crippen LogP) is 2.34. The van der Waals surface area contributed by atoms with E-state index in [0.717, 1.165) is 22.3 Å². The fourth-order valence-electron chi connectivity index (χ4n) is 1.85. The van der Waals surface area contributed by atoms with Gasteiger partial charge in [-0.3, -0.25) is 0 Å². The number of hydrogen-bond donors (Lipinski definition) is 1. The molecular weight excluding hydrogens is 242 g/mol. The third-order valence-electron chi connectivity index (χ3n) is 2.93. The summed E-state index contributed by atoms with van der Waals surface area (Å²) >= 11 is 0. The van der Waals surface area contributed by atoms with Crippen LogP contribution in [0.15, 0.2) is 36.5 Å². The van der Waals surface area contributed by atoms with E-state index in [-0.39, 0.29) is 6.61 Å². The first kappa shape index (κ1) is 13.2. The second-order valence-corrected chi connectivity index (χ2v) is 4.24. The van der Waals surface area contributed by atoms with Gasteiger partial charge in [0.25, 0.3) is 0 Å². The van der Waals surface area contributed by atoms with Crippen LogP contribution in [0.25, 0.3) is 11.1 Å². The Morgan fingerprint density at radius 1 is 1.26 bits per heavy atom. The van der Waals surface area contributed by atoms with Crippen LogP contribution >= 0.6 is 0 Å². The van der Waals surface area contributed by atoms with Gasteiger partial charge in [-0.15, -0.1) is 0 Å². The van der Waals surface area contributed by atoms with Gasteiger partial charge in [-0.1, -0.05) is 24.3 Å². The molecule has 0 aliphatic rings. The SMILES string of the molecule is COC(=O)c1ncc(-c2ccc(CO)cc2)cc1C. The molecule has 0 radical (unpaired) electrons. The van der Waals surface area contributed by atoms with Gasteiger partial charge in [0.15, 0.2) is 5.69 Å². The zero-order chi connectivity index (χ0) is 13.8. The first-order chi connectivity index (χ1) is 9.15. The maximum absolute atomic E-state index is 11.5. The van der Waals surface area contributed by atoms with Gasteiger partial charge in [0.1, 0.15) is 0 Å². The highest BCUT2D eigenvalue weighted by Crippen LogP contribution is 2.21. The fraction of sp³-hybridized carbons (Fsp3) is 0.200. The van der Waals surface area contributed by atoms with Crippen LogP contribution in [0.1, 0.15) is 21.6 Å². The van der Waals surface area contributed by atoms with E-state index in [9.17, 15) is 4.79 Å². The van der Waals surface area contributed by atoms with Crippen LogP contribution in [-0.4, -0.2) is 23.2 Å². The largest absolute Gasteiger partial charge is 0.464 e. The number of hydrogen-bond acceptors (Lipinski definition) is 4. The van der Waals surface area contributed by atoms with Crippen molar-refractivity contribution < 1.29 is 14.6 Å². The van der Waals surface area contributed by atoms with Gasteiger partial charge in [0.05, 0.1) is 13.7 Å². The molecule has 0 fully saturated rings. The lowest BCUT2D eigenvalue weighted by atomic mass is 10.0. The van der Waals surface area contributed by atoms with Crippen molar-refractivity contribution in [3.05, 3.63) is 53.3 Å². The van der Waals surface area contributed by atoms with Gasteiger partial charge in [0.2, 0.25) is 0 Å². The van der Waals surface area contributed by atoms with Crippen LogP contribution in [-0.2, 0) is 11.3 Å². The van der Waals surface area contributed by atoms with Crippen LogP contribution in [0.2, 0.25) is 0 Å². The lowest BCUT2D eigenvalue weighted by Gasteiger charge is -2.07. The number of carbonyl (C=O) groups excluding carboxylic acids is 1. The molecule has 2 rings (SSSR count). The molecule has 19 heavy (non-hydrogen) atoms. The number of aliphatic hydroxyl groups is 1. The number of carbonyl (C=O) groups is 1. The van der Waals surface area contributed by atoms with E-state index in [1.165, 1.54) is 7.11 Å². The number of pyridine rings is 1. The summed E-state index contributed by atoms with van der Waals surface area (Å²) in [5.74, 6) is -0.431. The summed E-state index contributed by atoms with van der Waals surface area (Å²) < 4.78 is 4.66. The zero-order valence-electron chi connectivity index (χ0n) is 10.9. The number of ether oxygens (including phenoxy) is 1. The highest BCUT2D eigenvalue weighted by molar-refractivity contribution is 5.89. The van der Waals surface area contributed by atoms with E-state index in [2.05, 4.69) is 9.72 Å². The number of aryl methyl sites for hydroxylation is 1. The van der Waals surface area contributed by atoms with Crippen molar-refractivity contribution in [3.63, 3.8) is 0 Å². The summed E-state index contributed by atoms with van der Waals surface area (Å²) in [6.45, 7) is 1.85. The van der Waals surface area contributed by atoms with E-state index >= 15 is 0 Å². The Kier molecular flexibility index (Phi) is 3.92. The molecule has 1 heterocycles. The molecule has 4 nitrogen and oxygen atoms in total. The maximum Gasteiger partial charge on any atom is 0.356 e. The third-order valence-corrected chi connectivity index (χ3v) is 2.93. The lowest BCUT2D eigenvalue weighted by Crippen LogP contribution is -2.06. The highest BCUT2D eigenvalue weighted by atomic mass is 16.5.